The lowest BCUT2D eigenvalue weighted by molar-refractivity contribution is -0.605. The molecular formula is C18H20N2O6S. The van der Waals surface area contributed by atoms with Gasteiger partial charge in [-0.1, -0.05) is 6.92 Å². The summed E-state index contributed by atoms with van der Waals surface area (Å²) in [4.78, 5) is 37.2. The van der Waals surface area contributed by atoms with Crippen molar-refractivity contribution in [2.75, 3.05) is 18.5 Å². The molecular weight excluding hydrogens is 372 g/mol. The van der Waals surface area contributed by atoms with Crippen LogP contribution < -0.4 is 10.0 Å². The third-order valence-corrected chi connectivity index (χ3v) is 5.02. The predicted octanol–water partition coefficient (Wildman–Crippen LogP) is 2.22. The number of hydrogen-bond acceptors (Lipinski definition) is 7. The van der Waals surface area contributed by atoms with E-state index in [1.54, 1.807) is 13.8 Å². The van der Waals surface area contributed by atoms with E-state index < -0.39 is 24.5 Å². The molecule has 0 atom stereocenters. The van der Waals surface area contributed by atoms with Gasteiger partial charge in [-0.05, 0) is 25.8 Å². The number of anilines is 1. The Morgan fingerprint density at radius 1 is 1.15 bits per heavy atom. The van der Waals surface area contributed by atoms with Gasteiger partial charge in [-0.15, -0.1) is 11.3 Å². The van der Waals surface area contributed by atoms with Gasteiger partial charge in [0.15, 0.2) is 19.0 Å². The molecule has 2 aromatic heterocycles. The van der Waals surface area contributed by atoms with Crippen LogP contribution in [0.5, 0.6) is 0 Å². The molecule has 0 radical (unpaired) electrons. The van der Waals surface area contributed by atoms with Crippen LogP contribution in [0.3, 0.4) is 0 Å². The maximum absolute atomic E-state index is 12.2. The van der Waals surface area contributed by atoms with Crippen molar-refractivity contribution in [1.29, 1.82) is 0 Å². The summed E-state index contributed by atoms with van der Waals surface area (Å²) in [7, 11) is 0. The van der Waals surface area contributed by atoms with Crippen LogP contribution in [0.1, 0.15) is 45.0 Å². The largest absolute Gasteiger partial charge is 0.619 e. The van der Waals surface area contributed by atoms with Crippen LogP contribution in [0.4, 0.5) is 5.00 Å². The number of nitrogens with one attached hydrogen (secondary N) is 1. The highest BCUT2D eigenvalue weighted by Crippen LogP contribution is 2.34. The maximum atomic E-state index is 12.2. The van der Waals surface area contributed by atoms with E-state index in [-0.39, 0.29) is 12.2 Å². The number of carbonyl (C=O) groups is 3. The van der Waals surface area contributed by atoms with E-state index in [1.165, 1.54) is 23.5 Å². The molecule has 2 aromatic rings. The summed E-state index contributed by atoms with van der Waals surface area (Å²) in [5.74, 6) is -1.81. The van der Waals surface area contributed by atoms with Gasteiger partial charge in [0.05, 0.1) is 17.7 Å². The predicted molar refractivity (Wildman–Crippen MR) is 98.7 cm³/mol. The average Bonchev–Trinajstić information content (AvgIpc) is 2.95. The van der Waals surface area contributed by atoms with Gasteiger partial charge in [0, 0.05) is 17.0 Å². The zero-order chi connectivity index (χ0) is 20.0. The Kier molecular flexibility index (Phi) is 6.89. The second kappa shape index (κ2) is 9.13. The van der Waals surface area contributed by atoms with Crippen molar-refractivity contribution in [3.05, 3.63) is 51.3 Å². The Morgan fingerprint density at radius 2 is 1.81 bits per heavy atom. The second-order valence-corrected chi connectivity index (χ2v) is 6.60. The second-order valence-electron chi connectivity index (χ2n) is 5.50. The molecule has 144 valence electrons. The molecule has 0 fully saturated rings. The Labute approximate surface area is 160 Å². The fourth-order valence-corrected chi connectivity index (χ4v) is 3.51. The molecule has 0 aromatic carbocycles. The molecule has 8 nitrogen and oxygen atoms in total. The number of hydrogen-bond donors (Lipinski definition) is 1. The number of esters is 2. The van der Waals surface area contributed by atoms with Gasteiger partial charge in [-0.25, -0.2) is 9.59 Å². The first kappa shape index (κ1) is 20.4. The van der Waals surface area contributed by atoms with Gasteiger partial charge in [-0.2, -0.15) is 4.73 Å². The molecule has 27 heavy (non-hydrogen) atoms. The minimum absolute atomic E-state index is 0.155. The standard InChI is InChI=1S/C18H20N2O6S/c1-4-13-11(3)15(18(23)25-5-2)16(27-13)19-14(21)10-26-17(22)12-6-8-20(24)9-7-12/h6-9H,4-5,10H2,1-3H3,(H,19,21). The quantitative estimate of drug-likeness (QED) is 0.440. The smallest absolute Gasteiger partial charge is 0.341 e. The normalized spacial score (nSPS) is 10.3. The van der Waals surface area contributed by atoms with Crippen molar-refractivity contribution >= 4 is 34.2 Å². The number of carbonyl (C=O) groups excluding carboxylic acids is 3. The van der Waals surface area contributed by atoms with E-state index in [0.29, 0.717) is 21.7 Å². The third-order valence-electron chi connectivity index (χ3n) is 3.67. The number of amides is 1. The SMILES string of the molecule is CCOC(=O)c1c(NC(=O)COC(=O)c2cc[n+]([O-])cc2)sc(CC)c1C. The van der Waals surface area contributed by atoms with E-state index >= 15 is 0 Å². The van der Waals surface area contributed by atoms with Gasteiger partial charge < -0.3 is 20.0 Å². The topological polar surface area (TPSA) is 109 Å². The van der Waals surface area contributed by atoms with Crippen molar-refractivity contribution in [3.63, 3.8) is 0 Å². The van der Waals surface area contributed by atoms with Crippen molar-refractivity contribution < 1.29 is 28.6 Å². The Bertz CT molecular complexity index is 844. The van der Waals surface area contributed by atoms with E-state index in [9.17, 15) is 19.6 Å². The van der Waals surface area contributed by atoms with E-state index in [1.807, 2.05) is 6.92 Å². The molecule has 2 rings (SSSR count). The van der Waals surface area contributed by atoms with E-state index in [0.717, 1.165) is 22.8 Å². The summed E-state index contributed by atoms with van der Waals surface area (Å²) in [6.45, 7) is 5.16. The summed E-state index contributed by atoms with van der Waals surface area (Å²) in [6.07, 6.45) is 3.02. The van der Waals surface area contributed by atoms with E-state index in [2.05, 4.69) is 5.32 Å². The number of aryl methyl sites for hydroxylation is 1. The highest BCUT2D eigenvalue weighted by Gasteiger charge is 2.23. The highest BCUT2D eigenvalue weighted by atomic mass is 32.1. The highest BCUT2D eigenvalue weighted by molar-refractivity contribution is 7.17. The van der Waals surface area contributed by atoms with Crippen molar-refractivity contribution in [2.45, 2.75) is 27.2 Å². The van der Waals surface area contributed by atoms with Gasteiger partial charge in [0.2, 0.25) is 0 Å². The summed E-state index contributed by atoms with van der Waals surface area (Å²) < 4.78 is 10.5. The molecule has 0 aliphatic carbocycles. The number of pyridine rings is 1. The zero-order valence-electron chi connectivity index (χ0n) is 15.2. The molecule has 9 heteroatoms. The van der Waals surface area contributed by atoms with Crippen molar-refractivity contribution in [1.82, 2.24) is 0 Å². The zero-order valence-corrected chi connectivity index (χ0v) is 16.1. The van der Waals surface area contributed by atoms with Gasteiger partial charge in [0.1, 0.15) is 5.00 Å². The number of nitrogens with zero attached hydrogens (tertiary/aromatic N) is 1. The van der Waals surface area contributed by atoms with E-state index in [4.69, 9.17) is 9.47 Å². The van der Waals surface area contributed by atoms with Gasteiger partial charge >= 0.3 is 11.9 Å². The number of thiophene rings is 1. The lowest BCUT2D eigenvalue weighted by atomic mass is 10.1. The minimum Gasteiger partial charge on any atom is -0.619 e. The Hall–Kier alpha value is -2.94. The Morgan fingerprint density at radius 3 is 2.41 bits per heavy atom. The molecule has 0 saturated carbocycles. The molecule has 0 saturated heterocycles. The monoisotopic (exact) mass is 392 g/mol. The lowest BCUT2D eigenvalue weighted by Gasteiger charge is -2.08. The summed E-state index contributed by atoms with van der Waals surface area (Å²) in [5, 5.41) is 13.9. The summed E-state index contributed by atoms with van der Waals surface area (Å²) >= 11 is 1.29. The lowest BCUT2D eigenvalue weighted by Crippen LogP contribution is -2.25. The molecule has 1 amide bonds. The first-order valence-corrected chi connectivity index (χ1v) is 9.14. The fourth-order valence-electron chi connectivity index (χ4n) is 2.36. The van der Waals surface area contributed by atoms with Crippen LogP contribution in [0, 0.1) is 12.1 Å². The maximum Gasteiger partial charge on any atom is 0.341 e. The summed E-state index contributed by atoms with van der Waals surface area (Å²) in [6, 6.07) is 2.59. The van der Waals surface area contributed by atoms with Crippen molar-refractivity contribution in [2.24, 2.45) is 0 Å². The number of rotatable bonds is 7. The van der Waals surface area contributed by atoms with Gasteiger partial charge in [-0.3, -0.25) is 4.79 Å². The third kappa shape index (κ3) is 5.04. The molecule has 0 spiro atoms. The molecule has 0 aliphatic heterocycles. The first-order chi connectivity index (χ1) is 12.9. The van der Waals surface area contributed by atoms with Crippen molar-refractivity contribution in [3.8, 4) is 0 Å². The molecule has 0 unspecified atom stereocenters. The number of aromatic nitrogens is 1. The summed E-state index contributed by atoms with van der Waals surface area (Å²) in [5.41, 5.74) is 1.24. The average molecular weight is 392 g/mol. The van der Waals surface area contributed by atoms with Crippen LogP contribution in [0.15, 0.2) is 24.5 Å². The Balaban J connectivity index is 2.05. The minimum atomic E-state index is -0.729. The number of ether oxygens (including phenoxy) is 2. The van der Waals surface area contributed by atoms with Gasteiger partial charge in [0.25, 0.3) is 5.91 Å². The van der Waals surface area contributed by atoms with Crippen LogP contribution in [0.25, 0.3) is 0 Å². The molecule has 1 N–H and O–H groups in total. The fraction of sp³-hybridized carbons (Fsp3) is 0.333. The van der Waals surface area contributed by atoms with Crippen LogP contribution >= 0.6 is 11.3 Å². The van der Waals surface area contributed by atoms with Crippen LogP contribution in [0.2, 0.25) is 0 Å². The van der Waals surface area contributed by atoms with Crippen LogP contribution in [-0.4, -0.2) is 31.1 Å². The molecule has 0 bridgehead atoms. The molecule has 0 aliphatic rings. The first-order valence-electron chi connectivity index (χ1n) is 8.32. The molecule has 2 heterocycles. The van der Waals surface area contributed by atoms with Crippen LogP contribution in [-0.2, 0) is 20.7 Å².